The van der Waals surface area contributed by atoms with E-state index in [1.807, 2.05) is 0 Å². The van der Waals surface area contributed by atoms with E-state index in [1.165, 1.54) is 16.7 Å². The summed E-state index contributed by atoms with van der Waals surface area (Å²) in [4.78, 5) is 25.0. The molecule has 0 radical (unpaired) electrons. The zero-order valence-corrected chi connectivity index (χ0v) is 9.27. The largest absolute Gasteiger partial charge is 0.478 e. The number of hydrogen-bond donors (Lipinski definition) is 2. The van der Waals surface area contributed by atoms with Crippen molar-refractivity contribution in [3.63, 3.8) is 0 Å². The predicted octanol–water partition coefficient (Wildman–Crippen LogP) is 0.674. The second-order valence-corrected chi connectivity index (χ2v) is 3.61. The lowest BCUT2D eigenvalue weighted by molar-refractivity contribution is 0.0697. The van der Waals surface area contributed by atoms with Gasteiger partial charge in [-0.25, -0.2) is 9.59 Å². The molecule has 0 amide bonds. The number of imidazole rings is 1. The third-order valence-electron chi connectivity index (χ3n) is 2.54. The van der Waals surface area contributed by atoms with Gasteiger partial charge in [-0.2, -0.15) is 0 Å². The third kappa shape index (κ3) is 2.07. The minimum atomic E-state index is -1.02. The number of nitrogens with one attached hydrogen (secondary N) is 1. The molecule has 90 valence electrons. The molecule has 0 spiro atoms. The maximum atomic E-state index is 11.6. The number of hydrogen-bond acceptors (Lipinski definition) is 3. The molecular weight excluding hydrogens is 224 g/mol. The van der Waals surface area contributed by atoms with E-state index in [9.17, 15) is 9.59 Å². The second kappa shape index (κ2) is 4.42. The number of aromatic amines is 1. The van der Waals surface area contributed by atoms with Crippen LogP contribution in [0.15, 0.2) is 23.0 Å². The zero-order chi connectivity index (χ0) is 12.4. The van der Waals surface area contributed by atoms with Crippen LogP contribution in [-0.2, 0) is 11.3 Å². The Morgan fingerprint density at radius 1 is 1.53 bits per heavy atom. The summed E-state index contributed by atoms with van der Waals surface area (Å²) in [5, 5.41) is 8.84. The Kier molecular flexibility index (Phi) is 2.97. The number of fused-ring (bicyclic) bond motifs is 1. The van der Waals surface area contributed by atoms with E-state index >= 15 is 0 Å². The molecule has 1 aromatic carbocycles. The van der Waals surface area contributed by atoms with Gasteiger partial charge in [-0.15, -0.1) is 0 Å². The molecule has 0 fully saturated rings. The van der Waals surface area contributed by atoms with E-state index in [0.29, 0.717) is 24.2 Å². The number of aromatic carboxylic acids is 1. The van der Waals surface area contributed by atoms with Crippen molar-refractivity contribution >= 4 is 17.0 Å². The van der Waals surface area contributed by atoms with Crippen molar-refractivity contribution in [1.82, 2.24) is 9.55 Å². The van der Waals surface area contributed by atoms with Gasteiger partial charge in [0.2, 0.25) is 0 Å². The molecule has 0 aliphatic heterocycles. The average molecular weight is 236 g/mol. The van der Waals surface area contributed by atoms with Crippen molar-refractivity contribution < 1.29 is 14.6 Å². The summed E-state index contributed by atoms with van der Waals surface area (Å²) in [6.07, 6.45) is 0. The number of nitrogens with zero attached hydrogens (tertiary/aromatic N) is 1. The fraction of sp³-hybridized carbons (Fsp3) is 0.273. The van der Waals surface area contributed by atoms with Crippen molar-refractivity contribution in [2.24, 2.45) is 0 Å². The number of H-pyrrole nitrogens is 1. The summed E-state index contributed by atoms with van der Waals surface area (Å²) in [5.74, 6) is -1.02. The van der Waals surface area contributed by atoms with Gasteiger partial charge in [-0.3, -0.25) is 4.57 Å². The molecule has 2 N–H and O–H groups in total. The number of carboxylic acid groups (broad SMARTS) is 1. The molecule has 0 saturated carbocycles. The summed E-state index contributed by atoms with van der Waals surface area (Å²) in [7, 11) is 1.56. The number of methoxy groups -OCH3 is 1. The number of rotatable bonds is 4. The van der Waals surface area contributed by atoms with Gasteiger partial charge in [-0.1, -0.05) is 0 Å². The molecule has 2 rings (SSSR count). The van der Waals surface area contributed by atoms with Crippen LogP contribution >= 0.6 is 0 Å². The summed E-state index contributed by atoms with van der Waals surface area (Å²) >= 11 is 0. The summed E-state index contributed by atoms with van der Waals surface area (Å²) in [5.41, 5.74) is 1.08. The highest BCUT2D eigenvalue weighted by molar-refractivity contribution is 5.92. The molecule has 17 heavy (non-hydrogen) atoms. The molecule has 0 aliphatic rings. The molecule has 6 heteroatoms. The van der Waals surface area contributed by atoms with E-state index in [-0.39, 0.29) is 11.3 Å². The zero-order valence-electron chi connectivity index (χ0n) is 9.27. The molecule has 0 unspecified atom stereocenters. The molecule has 6 nitrogen and oxygen atoms in total. The number of carbonyl (C=O) groups is 1. The maximum absolute atomic E-state index is 11.6. The molecule has 0 saturated heterocycles. The molecular formula is C11H12N2O4. The summed E-state index contributed by atoms with van der Waals surface area (Å²) < 4.78 is 6.43. The molecule has 2 aromatic rings. The van der Waals surface area contributed by atoms with Crippen molar-refractivity contribution in [3.8, 4) is 0 Å². The quantitative estimate of drug-likeness (QED) is 0.817. The minimum Gasteiger partial charge on any atom is -0.478 e. The number of ether oxygens (including phenoxy) is 1. The highest BCUT2D eigenvalue weighted by atomic mass is 16.5. The molecule has 1 heterocycles. The van der Waals surface area contributed by atoms with Gasteiger partial charge in [0, 0.05) is 7.11 Å². The second-order valence-electron chi connectivity index (χ2n) is 3.61. The monoisotopic (exact) mass is 236 g/mol. The fourth-order valence-electron chi connectivity index (χ4n) is 1.70. The normalized spacial score (nSPS) is 10.9. The van der Waals surface area contributed by atoms with Crippen LogP contribution in [0.3, 0.4) is 0 Å². The predicted molar refractivity (Wildman–Crippen MR) is 61.4 cm³/mol. The Hall–Kier alpha value is -2.08. The molecule has 0 atom stereocenters. The average Bonchev–Trinajstić information content (AvgIpc) is 2.61. The van der Waals surface area contributed by atoms with Gasteiger partial charge in [0.25, 0.3) is 0 Å². The SMILES string of the molecule is COCCn1c(=O)[nH]c2cc(C(=O)O)ccc21. The van der Waals surface area contributed by atoms with Crippen LogP contribution in [0.5, 0.6) is 0 Å². The van der Waals surface area contributed by atoms with Gasteiger partial charge in [0.15, 0.2) is 0 Å². The number of aromatic nitrogens is 2. The number of carboxylic acids is 1. The number of benzene rings is 1. The molecule has 0 bridgehead atoms. The topological polar surface area (TPSA) is 84.3 Å². The fourth-order valence-corrected chi connectivity index (χ4v) is 1.70. The van der Waals surface area contributed by atoms with Crippen LogP contribution in [0.1, 0.15) is 10.4 Å². The van der Waals surface area contributed by atoms with E-state index in [2.05, 4.69) is 4.98 Å². The van der Waals surface area contributed by atoms with Gasteiger partial charge in [0.1, 0.15) is 0 Å². The lowest BCUT2D eigenvalue weighted by Crippen LogP contribution is -2.18. The first-order valence-electron chi connectivity index (χ1n) is 5.08. The van der Waals surface area contributed by atoms with Crippen LogP contribution in [0, 0.1) is 0 Å². The minimum absolute atomic E-state index is 0.151. The van der Waals surface area contributed by atoms with Crippen molar-refractivity contribution in [2.75, 3.05) is 13.7 Å². The van der Waals surface area contributed by atoms with Gasteiger partial charge >= 0.3 is 11.7 Å². The first-order valence-corrected chi connectivity index (χ1v) is 5.08. The maximum Gasteiger partial charge on any atom is 0.335 e. The Morgan fingerprint density at radius 3 is 2.94 bits per heavy atom. The van der Waals surface area contributed by atoms with Crippen LogP contribution in [0.4, 0.5) is 0 Å². The van der Waals surface area contributed by atoms with Crippen LogP contribution < -0.4 is 5.69 Å². The summed E-state index contributed by atoms with van der Waals surface area (Å²) in [6, 6.07) is 4.54. The lowest BCUT2D eigenvalue weighted by Gasteiger charge is -2.02. The summed E-state index contributed by atoms with van der Waals surface area (Å²) in [6.45, 7) is 0.856. The van der Waals surface area contributed by atoms with Crippen molar-refractivity contribution in [2.45, 2.75) is 6.54 Å². The highest BCUT2D eigenvalue weighted by Crippen LogP contribution is 2.12. The Morgan fingerprint density at radius 2 is 2.29 bits per heavy atom. The van der Waals surface area contributed by atoms with E-state index in [4.69, 9.17) is 9.84 Å². The highest BCUT2D eigenvalue weighted by Gasteiger charge is 2.09. The Labute approximate surface area is 96.4 Å². The third-order valence-corrected chi connectivity index (χ3v) is 2.54. The molecule has 0 aliphatic carbocycles. The van der Waals surface area contributed by atoms with Crippen molar-refractivity contribution in [1.29, 1.82) is 0 Å². The van der Waals surface area contributed by atoms with Gasteiger partial charge < -0.3 is 14.8 Å². The Bertz CT molecular complexity index is 611. The standard InChI is InChI=1S/C11H12N2O4/c1-17-5-4-13-9-3-2-7(10(14)15)6-8(9)12-11(13)16/h2-3,6H,4-5H2,1H3,(H,12,16)(H,14,15). The first-order chi connectivity index (χ1) is 8.13. The molecule has 1 aromatic heterocycles. The van der Waals surface area contributed by atoms with E-state index in [1.54, 1.807) is 13.2 Å². The van der Waals surface area contributed by atoms with Gasteiger partial charge in [0.05, 0.1) is 29.7 Å². The Balaban J connectivity index is 2.52. The van der Waals surface area contributed by atoms with E-state index in [0.717, 1.165) is 0 Å². The smallest absolute Gasteiger partial charge is 0.335 e. The lowest BCUT2D eigenvalue weighted by atomic mass is 10.2. The van der Waals surface area contributed by atoms with Crippen LogP contribution in [0.25, 0.3) is 11.0 Å². The van der Waals surface area contributed by atoms with Crippen LogP contribution in [-0.4, -0.2) is 34.3 Å². The van der Waals surface area contributed by atoms with E-state index < -0.39 is 5.97 Å². The first kappa shape index (κ1) is 11.4. The van der Waals surface area contributed by atoms with Gasteiger partial charge in [-0.05, 0) is 18.2 Å². The van der Waals surface area contributed by atoms with Crippen molar-refractivity contribution in [3.05, 3.63) is 34.2 Å². The van der Waals surface area contributed by atoms with Crippen LogP contribution in [0.2, 0.25) is 0 Å².